The first kappa shape index (κ1) is 21.3. The molecule has 0 spiro atoms. The van der Waals surface area contributed by atoms with Gasteiger partial charge in [0.25, 0.3) is 0 Å². The van der Waals surface area contributed by atoms with Gasteiger partial charge in [-0.3, -0.25) is 0 Å². The molecule has 0 unspecified atom stereocenters. The first-order valence-corrected chi connectivity index (χ1v) is 12.4. The van der Waals surface area contributed by atoms with Gasteiger partial charge in [-0.05, 0) is 24.2 Å². The van der Waals surface area contributed by atoms with E-state index in [0.29, 0.717) is 0 Å². The molecule has 0 nitrogen and oxygen atoms in total. The molecule has 0 saturated heterocycles. The van der Waals surface area contributed by atoms with E-state index < -0.39 is 0 Å². The molecule has 0 heteroatoms. The summed E-state index contributed by atoms with van der Waals surface area (Å²) in [6, 6.07) is 0. The van der Waals surface area contributed by atoms with Gasteiger partial charge in [0.2, 0.25) is 0 Å². The lowest BCUT2D eigenvalue weighted by atomic mass is 9.64. The normalized spacial score (nSPS) is 26.5. The molecule has 0 heterocycles. The van der Waals surface area contributed by atoms with Gasteiger partial charge in [0.1, 0.15) is 0 Å². The molecule has 2 aliphatic rings. The smallest absolute Gasteiger partial charge is 0.0357 e. The molecule has 2 fully saturated rings. The van der Waals surface area contributed by atoms with Gasteiger partial charge >= 0.3 is 0 Å². The summed E-state index contributed by atoms with van der Waals surface area (Å²) in [5.41, 5.74) is 0. The first-order valence-electron chi connectivity index (χ1n) is 12.4. The molecule has 0 N–H and O–H groups in total. The van der Waals surface area contributed by atoms with E-state index in [1.807, 2.05) is 0 Å². The minimum Gasteiger partial charge on any atom is -0.0654 e. The lowest BCUT2D eigenvalue weighted by molar-refractivity contribution is 0.0961. The second-order valence-corrected chi connectivity index (χ2v) is 9.43. The molecule has 2 aliphatic carbocycles. The Morgan fingerprint density at radius 2 is 1.04 bits per heavy atom. The van der Waals surface area contributed by atoms with Gasteiger partial charge in [-0.1, -0.05) is 135 Å². The molecule has 0 aromatic rings. The molecule has 3 atom stereocenters. The summed E-state index contributed by atoms with van der Waals surface area (Å²) in [5, 5.41) is 0. The van der Waals surface area contributed by atoms with E-state index in [2.05, 4.69) is 6.92 Å². The monoisotopic (exact) mass is 348 g/mol. The van der Waals surface area contributed by atoms with Crippen LogP contribution in [0.2, 0.25) is 0 Å². The van der Waals surface area contributed by atoms with Crippen molar-refractivity contribution in [2.45, 2.75) is 142 Å². The molecule has 0 amide bonds. The Hall–Kier alpha value is 0. The number of rotatable bonds is 14. The Bertz CT molecular complexity index is 292. The van der Waals surface area contributed by atoms with Crippen LogP contribution >= 0.6 is 0 Å². The van der Waals surface area contributed by atoms with E-state index in [-0.39, 0.29) is 0 Å². The Kier molecular flexibility index (Phi) is 12.0. The number of unbranched alkanes of at least 4 members (excludes halogenated alkanes) is 12. The van der Waals surface area contributed by atoms with Gasteiger partial charge in [-0.2, -0.15) is 0 Å². The van der Waals surface area contributed by atoms with Crippen molar-refractivity contribution in [1.29, 1.82) is 0 Å². The average Bonchev–Trinajstić information content (AvgIpc) is 2.65. The van der Waals surface area contributed by atoms with Crippen LogP contribution in [0.4, 0.5) is 0 Å². The van der Waals surface area contributed by atoms with E-state index in [1.165, 1.54) is 96.3 Å². The fraction of sp³-hybridized carbons (Fsp3) is 1.00. The highest BCUT2D eigenvalue weighted by Crippen LogP contribution is 2.45. The predicted octanol–water partition coefficient (Wildman–Crippen LogP) is 9.07. The Morgan fingerprint density at radius 1 is 0.520 bits per heavy atom. The van der Waals surface area contributed by atoms with Crippen LogP contribution < -0.4 is 0 Å². The lowest BCUT2D eigenvalue weighted by Crippen LogP contribution is -2.30. The summed E-state index contributed by atoms with van der Waals surface area (Å²) >= 11 is 0. The maximum Gasteiger partial charge on any atom is -0.0357 e. The zero-order valence-electron chi connectivity index (χ0n) is 17.6. The van der Waals surface area contributed by atoms with Gasteiger partial charge in [-0.25, -0.2) is 0 Å². The minimum absolute atomic E-state index is 1.12. The third kappa shape index (κ3) is 8.96. The van der Waals surface area contributed by atoms with Gasteiger partial charge in [0.15, 0.2) is 0 Å². The zero-order valence-corrected chi connectivity index (χ0v) is 17.6. The van der Waals surface area contributed by atoms with Crippen molar-refractivity contribution in [3.63, 3.8) is 0 Å². The molecule has 0 bridgehead atoms. The van der Waals surface area contributed by atoms with E-state index >= 15 is 0 Å². The van der Waals surface area contributed by atoms with Gasteiger partial charge in [-0.15, -0.1) is 0 Å². The van der Waals surface area contributed by atoms with E-state index in [0.717, 1.165) is 17.8 Å². The number of hydrogen-bond donors (Lipinski definition) is 0. The number of hydrogen-bond acceptors (Lipinski definition) is 0. The molecule has 2 saturated carbocycles. The molecule has 0 radical (unpaired) electrons. The van der Waals surface area contributed by atoms with Crippen LogP contribution in [0, 0.1) is 17.8 Å². The van der Waals surface area contributed by atoms with Crippen molar-refractivity contribution in [2.75, 3.05) is 0 Å². The summed E-state index contributed by atoms with van der Waals surface area (Å²) in [6.07, 6.45) is 31.8. The lowest BCUT2D eigenvalue weighted by Gasteiger charge is -2.41. The third-order valence-corrected chi connectivity index (χ3v) is 7.40. The fourth-order valence-electron chi connectivity index (χ4n) is 5.85. The van der Waals surface area contributed by atoms with Crippen molar-refractivity contribution < 1.29 is 0 Å². The predicted molar refractivity (Wildman–Crippen MR) is 113 cm³/mol. The van der Waals surface area contributed by atoms with Crippen LogP contribution in [0.5, 0.6) is 0 Å². The van der Waals surface area contributed by atoms with E-state index in [9.17, 15) is 0 Å². The van der Waals surface area contributed by atoms with E-state index in [1.54, 1.807) is 38.5 Å². The second-order valence-electron chi connectivity index (χ2n) is 9.43. The first-order chi connectivity index (χ1) is 12.4. The molecule has 148 valence electrons. The summed E-state index contributed by atoms with van der Waals surface area (Å²) in [6.45, 7) is 2.31. The maximum absolute atomic E-state index is 2.31. The van der Waals surface area contributed by atoms with Crippen molar-refractivity contribution >= 4 is 0 Å². The van der Waals surface area contributed by atoms with Gasteiger partial charge in [0, 0.05) is 0 Å². The van der Waals surface area contributed by atoms with Crippen molar-refractivity contribution in [1.82, 2.24) is 0 Å². The molecular weight excluding hydrogens is 300 g/mol. The molecule has 0 aliphatic heterocycles. The van der Waals surface area contributed by atoms with Crippen LogP contribution in [-0.2, 0) is 0 Å². The molecule has 0 aromatic heterocycles. The van der Waals surface area contributed by atoms with Crippen LogP contribution in [0.3, 0.4) is 0 Å². The highest BCUT2D eigenvalue weighted by atomic mass is 14.4. The SMILES string of the molecule is CCCCCCCCCCCCCCC[C@H]1CCC[C@@H]2CCCC[C@H]12. The fourth-order valence-corrected chi connectivity index (χ4v) is 5.85. The highest BCUT2D eigenvalue weighted by molar-refractivity contribution is 4.85. The third-order valence-electron chi connectivity index (χ3n) is 7.40. The van der Waals surface area contributed by atoms with Gasteiger partial charge in [0.05, 0.1) is 0 Å². The zero-order chi connectivity index (χ0) is 17.6. The maximum atomic E-state index is 2.31. The van der Waals surface area contributed by atoms with E-state index in [4.69, 9.17) is 0 Å². The minimum atomic E-state index is 1.12. The summed E-state index contributed by atoms with van der Waals surface area (Å²) < 4.78 is 0. The average molecular weight is 349 g/mol. The van der Waals surface area contributed by atoms with Crippen LogP contribution in [-0.4, -0.2) is 0 Å². The topological polar surface area (TPSA) is 0 Å². The molecule has 0 aromatic carbocycles. The highest BCUT2D eigenvalue weighted by Gasteiger charge is 2.34. The van der Waals surface area contributed by atoms with Gasteiger partial charge < -0.3 is 0 Å². The standard InChI is InChI=1S/C25H48/c1-2-3-4-5-6-7-8-9-10-11-12-13-14-18-23-20-17-21-24-19-15-16-22-25(23)24/h23-25H,2-22H2,1H3/t23-,24-,25+/m0/s1. The molecular formula is C25H48. The van der Waals surface area contributed by atoms with Crippen molar-refractivity contribution in [2.24, 2.45) is 17.8 Å². The molecule has 2 rings (SSSR count). The van der Waals surface area contributed by atoms with Crippen LogP contribution in [0.15, 0.2) is 0 Å². The largest absolute Gasteiger partial charge is 0.0654 e. The summed E-state index contributed by atoms with van der Waals surface area (Å²) in [4.78, 5) is 0. The Morgan fingerprint density at radius 3 is 1.68 bits per heavy atom. The number of fused-ring (bicyclic) bond motifs is 1. The summed E-state index contributed by atoms with van der Waals surface area (Å²) in [5.74, 6) is 3.39. The van der Waals surface area contributed by atoms with Crippen molar-refractivity contribution in [3.8, 4) is 0 Å². The quantitative estimate of drug-likeness (QED) is 0.274. The van der Waals surface area contributed by atoms with Crippen molar-refractivity contribution in [3.05, 3.63) is 0 Å². The molecule has 25 heavy (non-hydrogen) atoms. The van der Waals surface area contributed by atoms with Crippen LogP contribution in [0.1, 0.15) is 142 Å². The Balaban J connectivity index is 1.36. The van der Waals surface area contributed by atoms with Crippen LogP contribution in [0.25, 0.3) is 0 Å². The Labute approximate surface area is 159 Å². The second kappa shape index (κ2) is 14.1. The summed E-state index contributed by atoms with van der Waals surface area (Å²) in [7, 11) is 0.